The van der Waals surface area contributed by atoms with Gasteiger partial charge in [0.25, 0.3) is 5.69 Å². The molecule has 1 aliphatic heterocycles. The summed E-state index contributed by atoms with van der Waals surface area (Å²) in [5.41, 5.74) is 6.65. The maximum atomic E-state index is 10.7. The predicted molar refractivity (Wildman–Crippen MR) is 76.3 cm³/mol. The summed E-state index contributed by atoms with van der Waals surface area (Å²) in [6, 6.07) is 5.06. The molecule has 6 nitrogen and oxygen atoms in total. The highest BCUT2D eigenvalue weighted by atomic mass is 16.6. The van der Waals surface area contributed by atoms with Gasteiger partial charge in [0, 0.05) is 24.3 Å². The quantitative estimate of drug-likeness (QED) is 0.483. The smallest absolute Gasteiger partial charge is 0.292 e. The third kappa shape index (κ3) is 3.57. The van der Waals surface area contributed by atoms with E-state index < -0.39 is 4.92 Å². The van der Waals surface area contributed by atoms with Crippen molar-refractivity contribution in [2.45, 2.75) is 25.8 Å². The first-order chi connectivity index (χ1) is 9.06. The van der Waals surface area contributed by atoms with Crippen LogP contribution in [-0.2, 0) is 0 Å². The summed E-state index contributed by atoms with van der Waals surface area (Å²) >= 11 is 0. The van der Waals surface area contributed by atoms with Gasteiger partial charge in [0.15, 0.2) is 0 Å². The minimum atomic E-state index is -0.466. The first kappa shape index (κ1) is 13.6. The number of nitrogens with zero attached hydrogens (tertiary/aromatic N) is 2. The Hall–Kier alpha value is -1.82. The number of nitrogens with one attached hydrogen (secondary N) is 1. The third-order valence-corrected chi connectivity index (χ3v) is 3.37. The zero-order chi connectivity index (χ0) is 13.8. The van der Waals surface area contributed by atoms with Crippen LogP contribution in [0.15, 0.2) is 18.2 Å². The van der Waals surface area contributed by atoms with Gasteiger partial charge in [-0.3, -0.25) is 10.1 Å². The van der Waals surface area contributed by atoms with Crippen LogP contribution >= 0.6 is 0 Å². The fourth-order valence-electron chi connectivity index (χ4n) is 2.49. The van der Waals surface area contributed by atoms with Gasteiger partial charge in [-0.05, 0) is 45.0 Å². The summed E-state index contributed by atoms with van der Waals surface area (Å²) < 4.78 is 0. The number of nitro benzene ring substituents is 1. The first-order valence-electron chi connectivity index (χ1n) is 6.59. The van der Waals surface area contributed by atoms with Gasteiger partial charge in [0.05, 0.1) is 4.92 Å². The molecule has 1 aliphatic rings. The van der Waals surface area contributed by atoms with Crippen LogP contribution in [0, 0.1) is 10.1 Å². The molecule has 1 aromatic carbocycles. The molecular formula is C13H20N4O2. The Morgan fingerprint density at radius 2 is 2.16 bits per heavy atom. The fraction of sp³-hybridized carbons (Fsp3) is 0.538. The molecule has 6 heteroatoms. The second-order valence-corrected chi connectivity index (χ2v) is 5.08. The van der Waals surface area contributed by atoms with Crippen LogP contribution in [0.5, 0.6) is 0 Å². The van der Waals surface area contributed by atoms with Gasteiger partial charge in [-0.25, -0.2) is 0 Å². The molecule has 1 fully saturated rings. The molecule has 104 valence electrons. The molecule has 0 saturated carbocycles. The number of hydrogen-bond donors (Lipinski definition) is 2. The van der Waals surface area contributed by atoms with Gasteiger partial charge >= 0.3 is 0 Å². The van der Waals surface area contributed by atoms with Crippen LogP contribution < -0.4 is 11.1 Å². The van der Waals surface area contributed by atoms with Gasteiger partial charge in [-0.15, -0.1) is 0 Å². The SMILES string of the molecule is CC(CN1CCCC1)Nc1ccc([N+](=O)[O-])c(N)c1. The van der Waals surface area contributed by atoms with Crippen LogP contribution in [0.3, 0.4) is 0 Å². The maximum absolute atomic E-state index is 10.7. The Labute approximate surface area is 112 Å². The summed E-state index contributed by atoms with van der Waals surface area (Å²) in [5.74, 6) is 0. The monoisotopic (exact) mass is 264 g/mol. The van der Waals surface area contributed by atoms with Crippen LogP contribution in [0.1, 0.15) is 19.8 Å². The Kier molecular flexibility index (Phi) is 4.21. The molecule has 2 rings (SSSR count). The summed E-state index contributed by atoms with van der Waals surface area (Å²) in [6.45, 7) is 5.41. The molecule has 3 N–H and O–H groups in total. The lowest BCUT2D eigenvalue weighted by atomic mass is 10.2. The van der Waals surface area contributed by atoms with Crippen molar-refractivity contribution in [2.75, 3.05) is 30.7 Å². The third-order valence-electron chi connectivity index (χ3n) is 3.37. The summed E-state index contributed by atoms with van der Waals surface area (Å²) in [6.07, 6.45) is 2.55. The van der Waals surface area contributed by atoms with Gasteiger partial charge in [-0.1, -0.05) is 0 Å². The summed E-state index contributed by atoms with van der Waals surface area (Å²) in [7, 11) is 0. The highest BCUT2D eigenvalue weighted by Gasteiger charge is 2.15. The standard InChI is InChI=1S/C13H20N4O2/c1-10(9-16-6-2-3-7-16)15-11-4-5-13(17(18)19)12(14)8-11/h4-5,8,10,15H,2-3,6-7,9,14H2,1H3. The molecule has 1 atom stereocenters. The number of anilines is 2. The van der Waals surface area contributed by atoms with E-state index in [4.69, 9.17) is 5.73 Å². The molecule has 0 radical (unpaired) electrons. The van der Waals surface area contributed by atoms with Crippen LogP contribution in [0.4, 0.5) is 17.1 Å². The van der Waals surface area contributed by atoms with Crippen molar-refractivity contribution in [1.29, 1.82) is 0 Å². The van der Waals surface area contributed by atoms with Gasteiger partial charge in [0.1, 0.15) is 5.69 Å². The normalized spacial score (nSPS) is 17.3. The van der Waals surface area contributed by atoms with Gasteiger partial charge < -0.3 is 16.0 Å². The van der Waals surface area contributed by atoms with E-state index in [1.54, 1.807) is 12.1 Å². The molecule has 0 spiro atoms. The number of nitrogens with two attached hydrogens (primary N) is 1. The molecule has 1 saturated heterocycles. The van der Waals surface area contributed by atoms with E-state index in [9.17, 15) is 10.1 Å². The second-order valence-electron chi connectivity index (χ2n) is 5.08. The fourth-order valence-corrected chi connectivity index (χ4v) is 2.49. The molecule has 1 unspecified atom stereocenters. The van der Waals surface area contributed by atoms with E-state index in [1.807, 2.05) is 0 Å². The lowest BCUT2D eigenvalue weighted by Crippen LogP contribution is -2.32. The predicted octanol–water partition coefficient (Wildman–Crippen LogP) is 2.07. The Morgan fingerprint density at radius 1 is 1.47 bits per heavy atom. The van der Waals surface area contributed by atoms with Crippen molar-refractivity contribution in [3.63, 3.8) is 0 Å². The molecule has 19 heavy (non-hydrogen) atoms. The minimum Gasteiger partial charge on any atom is -0.393 e. The van der Waals surface area contributed by atoms with E-state index in [1.165, 1.54) is 18.9 Å². The van der Waals surface area contributed by atoms with Gasteiger partial charge in [0.2, 0.25) is 0 Å². The Bertz CT molecular complexity index is 458. The number of benzene rings is 1. The number of likely N-dealkylation sites (tertiary alicyclic amines) is 1. The molecule has 0 aromatic heterocycles. The van der Waals surface area contributed by atoms with E-state index in [0.717, 1.165) is 25.3 Å². The first-order valence-corrected chi connectivity index (χ1v) is 6.59. The average molecular weight is 264 g/mol. The maximum Gasteiger partial charge on any atom is 0.292 e. The van der Waals surface area contributed by atoms with Crippen molar-refractivity contribution in [3.05, 3.63) is 28.3 Å². The van der Waals surface area contributed by atoms with E-state index >= 15 is 0 Å². The molecule has 0 amide bonds. The van der Waals surface area contributed by atoms with Crippen LogP contribution in [-0.4, -0.2) is 35.5 Å². The van der Waals surface area contributed by atoms with Crippen molar-refractivity contribution >= 4 is 17.1 Å². The summed E-state index contributed by atoms with van der Waals surface area (Å²) in [5, 5.41) is 14.0. The molecule has 1 heterocycles. The van der Waals surface area contributed by atoms with E-state index in [0.29, 0.717) is 6.04 Å². The lowest BCUT2D eigenvalue weighted by Gasteiger charge is -2.22. The lowest BCUT2D eigenvalue weighted by molar-refractivity contribution is -0.383. The molecule has 0 bridgehead atoms. The number of rotatable bonds is 5. The average Bonchev–Trinajstić information content (AvgIpc) is 2.81. The molecular weight excluding hydrogens is 244 g/mol. The van der Waals surface area contributed by atoms with Crippen molar-refractivity contribution in [1.82, 2.24) is 4.90 Å². The van der Waals surface area contributed by atoms with Crippen molar-refractivity contribution in [3.8, 4) is 0 Å². The number of nitrogen functional groups attached to an aromatic ring is 1. The highest BCUT2D eigenvalue weighted by Crippen LogP contribution is 2.25. The Balaban J connectivity index is 1.94. The zero-order valence-electron chi connectivity index (χ0n) is 11.1. The second kappa shape index (κ2) is 5.88. The van der Waals surface area contributed by atoms with E-state index in [-0.39, 0.29) is 11.4 Å². The van der Waals surface area contributed by atoms with Crippen LogP contribution in [0.2, 0.25) is 0 Å². The van der Waals surface area contributed by atoms with Crippen molar-refractivity contribution < 1.29 is 4.92 Å². The number of nitro groups is 1. The Morgan fingerprint density at radius 3 is 2.74 bits per heavy atom. The summed E-state index contributed by atoms with van der Waals surface area (Å²) in [4.78, 5) is 12.6. The topological polar surface area (TPSA) is 84.4 Å². The van der Waals surface area contributed by atoms with E-state index in [2.05, 4.69) is 17.1 Å². The largest absolute Gasteiger partial charge is 0.393 e. The van der Waals surface area contributed by atoms with Gasteiger partial charge in [-0.2, -0.15) is 0 Å². The minimum absolute atomic E-state index is 0.0438. The highest BCUT2D eigenvalue weighted by molar-refractivity contribution is 5.66. The molecule has 1 aromatic rings. The zero-order valence-corrected chi connectivity index (χ0v) is 11.1. The van der Waals surface area contributed by atoms with Crippen molar-refractivity contribution in [2.24, 2.45) is 0 Å². The number of hydrogen-bond acceptors (Lipinski definition) is 5. The van der Waals surface area contributed by atoms with Crippen LogP contribution in [0.25, 0.3) is 0 Å². The molecule has 0 aliphatic carbocycles.